The highest BCUT2D eigenvalue weighted by Gasteiger charge is 2.49. The number of rotatable bonds is 7. The fraction of sp³-hybridized carbons (Fsp3) is 0.280. The number of hydrogen-bond donors (Lipinski definition) is 2. The molecule has 1 aromatic heterocycles. The van der Waals surface area contributed by atoms with Gasteiger partial charge in [0.15, 0.2) is 0 Å². The Kier molecular flexibility index (Phi) is 9.03. The number of aryl methyl sites for hydroxylation is 1. The number of aromatic nitrogens is 1. The number of nitrogens with one attached hydrogen (secondary N) is 1. The first-order chi connectivity index (χ1) is 15.7. The van der Waals surface area contributed by atoms with E-state index in [1.165, 1.54) is 6.20 Å². The van der Waals surface area contributed by atoms with E-state index in [1.54, 1.807) is 18.2 Å². The van der Waals surface area contributed by atoms with Gasteiger partial charge in [-0.3, -0.25) is 4.79 Å². The van der Waals surface area contributed by atoms with Gasteiger partial charge in [-0.1, -0.05) is 48.5 Å². The number of nitrogen functional groups attached to an aromatic ring is 1. The topological polar surface area (TPSA) is 77.2 Å². The van der Waals surface area contributed by atoms with Gasteiger partial charge in [-0.15, -0.1) is 24.8 Å². The Labute approximate surface area is 214 Å². The normalized spacial score (nSPS) is 13.0. The average Bonchev–Trinajstić information content (AvgIpc) is 3.08. The second kappa shape index (κ2) is 11.2. The molecule has 2 aromatic carbocycles. The Balaban J connectivity index is 0.00000216. The zero-order valence-corrected chi connectivity index (χ0v) is 20.5. The first-order valence-electron chi connectivity index (χ1n) is 10.6. The molecular formula is C25H26Cl2F3N3O2. The molecule has 0 spiro atoms. The summed E-state index contributed by atoms with van der Waals surface area (Å²) in [5.74, 6) is -0.261. The van der Waals surface area contributed by atoms with Crippen LogP contribution in [-0.4, -0.2) is 30.2 Å². The van der Waals surface area contributed by atoms with Crippen molar-refractivity contribution < 1.29 is 22.7 Å². The molecule has 10 heteroatoms. The van der Waals surface area contributed by atoms with Crippen molar-refractivity contribution in [3.63, 3.8) is 0 Å². The van der Waals surface area contributed by atoms with E-state index >= 15 is 0 Å². The Bertz CT molecular complexity index is 1140. The molecule has 0 bridgehead atoms. The predicted molar refractivity (Wildman–Crippen MR) is 134 cm³/mol. The maximum Gasteiger partial charge on any atom is 0.405 e. The highest BCUT2D eigenvalue weighted by atomic mass is 35.5. The number of ether oxygens (including phenoxy) is 1. The maximum absolute atomic E-state index is 13.4. The number of nitrogens with zero attached hydrogens (tertiary/aromatic N) is 1. The lowest BCUT2D eigenvalue weighted by atomic mass is 9.73. The number of pyridine rings is 1. The van der Waals surface area contributed by atoms with Crippen molar-refractivity contribution in [1.82, 2.24) is 10.3 Å². The third-order valence-corrected chi connectivity index (χ3v) is 5.97. The maximum atomic E-state index is 13.4. The predicted octanol–water partition coefficient (Wildman–Crippen LogP) is 5.62. The zero-order valence-electron chi connectivity index (χ0n) is 18.9. The van der Waals surface area contributed by atoms with E-state index in [4.69, 9.17) is 10.5 Å². The molecule has 3 aromatic rings. The lowest BCUT2D eigenvalue weighted by Crippen LogP contribution is -2.47. The van der Waals surface area contributed by atoms with Crippen LogP contribution in [0, 0.1) is 6.92 Å². The van der Waals surface area contributed by atoms with Crippen LogP contribution in [0.2, 0.25) is 0 Å². The smallest absolute Gasteiger partial charge is 0.405 e. The van der Waals surface area contributed by atoms with Crippen molar-refractivity contribution in [2.75, 3.05) is 18.9 Å². The summed E-state index contributed by atoms with van der Waals surface area (Å²) in [5.41, 5.74) is 9.04. The van der Waals surface area contributed by atoms with Crippen LogP contribution in [0.1, 0.15) is 29.5 Å². The van der Waals surface area contributed by atoms with Crippen molar-refractivity contribution in [1.29, 1.82) is 0 Å². The van der Waals surface area contributed by atoms with Crippen LogP contribution in [0.15, 0.2) is 60.8 Å². The lowest BCUT2D eigenvalue weighted by molar-refractivity contribution is -0.141. The highest BCUT2D eigenvalue weighted by molar-refractivity contribution is 6.00. The van der Waals surface area contributed by atoms with E-state index in [9.17, 15) is 18.0 Å². The molecule has 4 rings (SSSR count). The molecule has 0 aliphatic heterocycles. The Morgan fingerprint density at radius 3 is 2.17 bits per heavy atom. The number of fused-ring (bicyclic) bond motifs is 3. The van der Waals surface area contributed by atoms with E-state index in [1.807, 2.05) is 43.3 Å². The number of carbonyl (C=O) groups is 1. The van der Waals surface area contributed by atoms with Gasteiger partial charge in [0.05, 0.1) is 18.5 Å². The second-order valence-electron chi connectivity index (χ2n) is 8.13. The zero-order chi connectivity index (χ0) is 23.6. The molecule has 0 atom stereocenters. The first-order valence-corrected chi connectivity index (χ1v) is 10.6. The van der Waals surface area contributed by atoms with Gasteiger partial charge in [0, 0.05) is 6.07 Å². The van der Waals surface area contributed by atoms with E-state index in [0.717, 1.165) is 16.7 Å². The van der Waals surface area contributed by atoms with Crippen molar-refractivity contribution in [2.45, 2.75) is 31.4 Å². The molecule has 0 radical (unpaired) electrons. The number of benzene rings is 2. The number of halogens is 5. The van der Waals surface area contributed by atoms with Crippen molar-refractivity contribution in [3.8, 4) is 17.0 Å². The summed E-state index contributed by atoms with van der Waals surface area (Å²) in [5, 5.41) is 2.13. The Morgan fingerprint density at radius 2 is 1.63 bits per heavy atom. The third kappa shape index (κ3) is 5.65. The van der Waals surface area contributed by atoms with Gasteiger partial charge in [0.1, 0.15) is 12.0 Å². The van der Waals surface area contributed by atoms with Crippen LogP contribution in [0.5, 0.6) is 5.88 Å². The van der Waals surface area contributed by atoms with E-state index in [-0.39, 0.29) is 37.8 Å². The Morgan fingerprint density at radius 1 is 1.06 bits per heavy atom. The van der Waals surface area contributed by atoms with Crippen LogP contribution in [0.25, 0.3) is 11.1 Å². The molecule has 0 fully saturated rings. The fourth-order valence-corrected chi connectivity index (χ4v) is 4.42. The standard InChI is InChI=1S/C25H24F3N3O2.2ClH/c1-16-13-22(30-14-21(16)29)33-12-6-11-24(23(32)31-15-25(26,27)28)19-9-4-2-7-17(19)18-8-3-5-10-20(18)24;;/h2-5,7-10,13-14H,6,11-12,15,29H2,1H3,(H,31,32);2*1H. The van der Waals surface area contributed by atoms with Crippen molar-refractivity contribution >= 4 is 36.4 Å². The first kappa shape index (κ1) is 28.3. The van der Waals surface area contributed by atoms with Gasteiger partial charge in [0.2, 0.25) is 11.8 Å². The average molecular weight is 528 g/mol. The molecule has 5 nitrogen and oxygen atoms in total. The molecular weight excluding hydrogens is 502 g/mol. The molecule has 0 unspecified atom stereocenters. The number of nitrogens with two attached hydrogens (primary N) is 1. The number of anilines is 1. The second-order valence-corrected chi connectivity index (χ2v) is 8.13. The molecule has 35 heavy (non-hydrogen) atoms. The van der Waals surface area contributed by atoms with Gasteiger partial charge in [-0.05, 0) is 47.6 Å². The van der Waals surface area contributed by atoms with Crippen LogP contribution >= 0.6 is 24.8 Å². The van der Waals surface area contributed by atoms with Crippen molar-refractivity contribution in [3.05, 3.63) is 77.5 Å². The van der Waals surface area contributed by atoms with E-state index in [2.05, 4.69) is 10.3 Å². The molecule has 188 valence electrons. The summed E-state index contributed by atoms with van der Waals surface area (Å²) in [6.07, 6.45) is -2.29. The van der Waals surface area contributed by atoms with Crippen LogP contribution < -0.4 is 15.8 Å². The molecule has 1 aliphatic carbocycles. The van der Waals surface area contributed by atoms with Gasteiger partial charge in [0.25, 0.3) is 0 Å². The SMILES string of the molecule is Cc1cc(OCCCC2(C(=O)NCC(F)(F)F)c3ccccc3-c3ccccc32)ncc1N.Cl.Cl. The number of carbonyl (C=O) groups excluding carboxylic acids is 1. The van der Waals surface area contributed by atoms with E-state index < -0.39 is 24.0 Å². The van der Waals surface area contributed by atoms with Crippen LogP contribution in [0.4, 0.5) is 18.9 Å². The molecule has 3 N–H and O–H groups in total. The Hall–Kier alpha value is -2.97. The molecule has 1 heterocycles. The van der Waals surface area contributed by atoms with Crippen LogP contribution in [-0.2, 0) is 10.2 Å². The lowest BCUT2D eigenvalue weighted by Gasteiger charge is -2.31. The summed E-state index contributed by atoms with van der Waals surface area (Å²) in [4.78, 5) is 17.5. The summed E-state index contributed by atoms with van der Waals surface area (Å²) in [7, 11) is 0. The summed E-state index contributed by atoms with van der Waals surface area (Å²) < 4.78 is 44.5. The number of hydrogen-bond acceptors (Lipinski definition) is 4. The number of amides is 1. The third-order valence-electron chi connectivity index (χ3n) is 5.97. The molecule has 0 saturated carbocycles. The molecule has 0 saturated heterocycles. The molecule has 1 aliphatic rings. The summed E-state index contributed by atoms with van der Waals surface area (Å²) in [6.45, 7) is 0.703. The number of alkyl halides is 3. The summed E-state index contributed by atoms with van der Waals surface area (Å²) in [6, 6.07) is 16.5. The highest BCUT2D eigenvalue weighted by Crippen LogP contribution is 2.51. The van der Waals surface area contributed by atoms with Crippen LogP contribution in [0.3, 0.4) is 0 Å². The van der Waals surface area contributed by atoms with Gasteiger partial charge < -0.3 is 15.8 Å². The van der Waals surface area contributed by atoms with Gasteiger partial charge in [-0.25, -0.2) is 4.98 Å². The molecule has 1 amide bonds. The quantitative estimate of drug-likeness (QED) is 0.391. The monoisotopic (exact) mass is 527 g/mol. The van der Waals surface area contributed by atoms with Gasteiger partial charge in [-0.2, -0.15) is 13.2 Å². The largest absolute Gasteiger partial charge is 0.478 e. The minimum atomic E-state index is -4.50. The minimum absolute atomic E-state index is 0. The van der Waals surface area contributed by atoms with Crippen molar-refractivity contribution in [2.24, 2.45) is 0 Å². The van der Waals surface area contributed by atoms with Gasteiger partial charge >= 0.3 is 6.18 Å². The summed E-state index contributed by atoms with van der Waals surface area (Å²) >= 11 is 0. The fourth-order valence-electron chi connectivity index (χ4n) is 4.42. The van der Waals surface area contributed by atoms with E-state index in [0.29, 0.717) is 29.1 Å². The minimum Gasteiger partial charge on any atom is -0.478 e.